The molecular weight excluding hydrogens is 332 g/mol. The van der Waals surface area contributed by atoms with Gasteiger partial charge in [0.1, 0.15) is 0 Å². The van der Waals surface area contributed by atoms with Crippen molar-refractivity contribution in [3.05, 3.63) is 33.9 Å². The predicted molar refractivity (Wildman–Crippen MR) is 91.0 cm³/mol. The molecule has 0 heterocycles. The number of ether oxygens (including phenoxy) is 1. The molecule has 1 rings (SSSR count). The van der Waals surface area contributed by atoms with Crippen LogP contribution in [0.5, 0.6) is 5.75 Å². The highest BCUT2D eigenvalue weighted by Crippen LogP contribution is 2.27. The molecule has 0 fully saturated rings. The summed E-state index contributed by atoms with van der Waals surface area (Å²) in [6, 6.07) is 5.04. The summed E-state index contributed by atoms with van der Waals surface area (Å²) >= 11 is 0. The van der Waals surface area contributed by atoms with Gasteiger partial charge in [-0.15, -0.1) is 0 Å². The highest BCUT2D eigenvalue weighted by atomic mass is 16.6. The van der Waals surface area contributed by atoms with Crippen LogP contribution in [0.4, 0.5) is 5.69 Å². The second-order valence-corrected chi connectivity index (χ2v) is 5.07. The minimum Gasteiger partial charge on any atom is -0.487 e. The van der Waals surface area contributed by atoms with Gasteiger partial charge in [0.25, 0.3) is 0 Å². The molecule has 0 unspecified atom stereocenters. The lowest BCUT2D eigenvalue weighted by Crippen LogP contribution is -2.25. The van der Waals surface area contributed by atoms with Crippen LogP contribution in [0.1, 0.15) is 25.8 Å². The van der Waals surface area contributed by atoms with E-state index in [-0.39, 0.29) is 5.69 Å². The van der Waals surface area contributed by atoms with Crippen molar-refractivity contribution in [2.45, 2.75) is 27.2 Å². The van der Waals surface area contributed by atoms with Crippen LogP contribution >= 0.6 is 0 Å². The first-order chi connectivity index (χ1) is 11.7. The molecule has 0 aliphatic heterocycles. The number of aliphatic carboxylic acids is 2. The van der Waals surface area contributed by atoms with Gasteiger partial charge < -0.3 is 19.8 Å². The Morgan fingerprint density at radius 2 is 1.76 bits per heavy atom. The minimum absolute atomic E-state index is 0.0443. The average Bonchev–Trinajstić information content (AvgIpc) is 2.56. The van der Waals surface area contributed by atoms with Crippen LogP contribution in [0.2, 0.25) is 0 Å². The van der Waals surface area contributed by atoms with Crippen LogP contribution in [-0.2, 0) is 9.59 Å². The topological polar surface area (TPSA) is 130 Å². The number of nitro groups is 1. The number of nitrogens with zero attached hydrogens (tertiary/aromatic N) is 2. The molecule has 2 N–H and O–H groups in total. The first kappa shape index (κ1) is 22.3. The van der Waals surface area contributed by atoms with Crippen LogP contribution in [0.25, 0.3) is 0 Å². The molecule has 0 amide bonds. The van der Waals surface area contributed by atoms with Gasteiger partial charge in [0.15, 0.2) is 5.75 Å². The molecular formula is C16H24N2O7. The number of carbonyl (C=O) groups is 2. The smallest absolute Gasteiger partial charge is 0.414 e. The molecule has 1 aromatic rings. The van der Waals surface area contributed by atoms with Crippen molar-refractivity contribution >= 4 is 17.6 Å². The first-order valence-electron chi connectivity index (χ1n) is 7.79. The van der Waals surface area contributed by atoms with E-state index in [0.717, 1.165) is 31.6 Å². The Balaban J connectivity index is 0.000000823. The van der Waals surface area contributed by atoms with Crippen molar-refractivity contribution in [2.24, 2.45) is 0 Å². The number of hydrogen-bond acceptors (Lipinski definition) is 6. The zero-order chi connectivity index (χ0) is 19.4. The summed E-state index contributed by atoms with van der Waals surface area (Å²) in [5, 5.41) is 25.7. The standard InChI is InChI=1S/C14H22N2O3.C2H2O4/c1-4-15(5-2)9-6-10-19-14-8-7-12(3)11-13(14)16(17)18;3-1(4)2(5)6/h7-8,11H,4-6,9-10H2,1-3H3;(H,3,4)(H,5,6). The molecule has 0 aliphatic carbocycles. The molecule has 140 valence electrons. The highest BCUT2D eigenvalue weighted by Gasteiger charge is 2.14. The monoisotopic (exact) mass is 356 g/mol. The summed E-state index contributed by atoms with van der Waals surface area (Å²) in [6.45, 7) is 9.55. The second kappa shape index (κ2) is 11.8. The van der Waals surface area contributed by atoms with Crippen LogP contribution in [0.15, 0.2) is 18.2 Å². The molecule has 0 aliphatic rings. The average molecular weight is 356 g/mol. The van der Waals surface area contributed by atoms with E-state index in [4.69, 9.17) is 24.5 Å². The number of rotatable bonds is 8. The van der Waals surface area contributed by atoms with Crippen LogP contribution in [0.3, 0.4) is 0 Å². The lowest BCUT2D eigenvalue weighted by atomic mass is 10.2. The lowest BCUT2D eigenvalue weighted by molar-refractivity contribution is -0.385. The summed E-state index contributed by atoms with van der Waals surface area (Å²) in [4.78, 5) is 31.0. The molecule has 0 radical (unpaired) electrons. The number of aryl methyl sites for hydroxylation is 1. The van der Waals surface area contributed by atoms with E-state index in [9.17, 15) is 10.1 Å². The predicted octanol–water partition coefficient (Wildman–Crippen LogP) is 2.17. The number of benzene rings is 1. The number of nitro benzene ring substituents is 1. The largest absolute Gasteiger partial charge is 0.487 e. The van der Waals surface area contributed by atoms with Crippen molar-refractivity contribution in [1.29, 1.82) is 0 Å². The quantitative estimate of drug-likeness (QED) is 0.314. The fourth-order valence-corrected chi connectivity index (χ4v) is 1.90. The van der Waals surface area contributed by atoms with Gasteiger partial charge in [-0.2, -0.15) is 0 Å². The number of carboxylic acids is 2. The highest BCUT2D eigenvalue weighted by molar-refractivity contribution is 6.27. The summed E-state index contributed by atoms with van der Waals surface area (Å²) < 4.78 is 5.52. The molecule has 9 heteroatoms. The van der Waals surface area contributed by atoms with Crippen LogP contribution in [-0.4, -0.2) is 58.2 Å². The van der Waals surface area contributed by atoms with Gasteiger partial charge in [-0.25, -0.2) is 9.59 Å². The third-order valence-corrected chi connectivity index (χ3v) is 3.26. The van der Waals surface area contributed by atoms with Crippen molar-refractivity contribution in [2.75, 3.05) is 26.2 Å². The number of carboxylic acid groups (broad SMARTS) is 2. The summed E-state index contributed by atoms with van der Waals surface area (Å²) in [5.74, 6) is -3.29. The number of hydrogen-bond donors (Lipinski definition) is 2. The molecule has 0 aromatic heterocycles. The fourth-order valence-electron chi connectivity index (χ4n) is 1.90. The van der Waals surface area contributed by atoms with Gasteiger partial charge in [-0.05, 0) is 38.1 Å². The Morgan fingerprint density at radius 3 is 2.20 bits per heavy atom. The molecule has 9 nitrogen and oxygen atoms in total. The Labute approximate surface area is 146 Å². The lowest BCUT2D eigenvalue weighted by Gasteiger charge is -2.17. The van der Waals surface area contributed by atoms with Crippen molar-refractivity contribution < 1.29 is 29.5 Å². The molecule has 1 aromatic carbocycles. The van der Waals surface area contributed by atoms with Gasteiger partial charge in [-0.1, -0.05) is 19.9 Å². The van der Waals surface area contributed by atoms with E-state index in [1.165, 1.54) is 0 Å². The van der Waals surface area contributed by atoms with E-state index in [2.05, 4.69) is 18.7 Å². The van der Waals surface area contributed by atoms with E-state index >= 15 is 0 Å². The maximum absolute atomic E-state index is 10.9. The third-order valence-electron chi connectivity index (χ3n) is 3.26. The summed E-state index contributed by atoms with van der Waals surface area (Å²) in [6.07, 6.45) is 0.868. The minimum atomic E-state index is -1.82. The first-order valence-corrected chi connectivity index (χ1v) is 7.79. The van der Waals surface area contributed by atoms with E-state index < -0.39 is 16.9 Å². The molecule has 0 saturated heterocycles. The van der Waals surface area contributed by atoms with Crippen LogP contribution < -0.4 is 4.74 Å². The summed E-state index contributed by atoms with van der Waals surface area (Å²) in [7, 11) is 0. The van der Waals surface area contributed by atoms with Gasteiger partial charge in [0.05, 0.1) is 11.5 Å². The van der Waals surface area contributed by atoms with Gasteiger partial charge in [-0.3, -0.25) is 10.1 Å². The Hall–Kier alpha value is -2.68. The van der Waals surface area contributed by atoms with E-state index in [0.29, 0.717) is 12.4 Å². The van der Waals surface area contributed by atoms with Crippen LogP contribution in [0, 0.1) is 17.0 Å². The third kappa shape index (κ3) is 9.26. The Kier molecular flexibility index (Phi) is 10.5. The van der Waals surface area contributed by atoms with E-state index in [1.54, 1.807) is 12.1 Å². The van der Waals surface area contributed by atoms with Crippen molar-refractivity contribution in [3.8, 4) is 5.75 Å². The maximum atomic E-state index is 10.9. The Morgan fingerprint density at radius 1 is 1.20 bits per heavy atom. The van der Waals surface area contributed by atoms with Gasteiger partial charge in [0.2, 0.25) is 0 Å². The second-order valence-electron chi connectivity index (χ2n) is 5.07. The molecule has 0 saturated carbocycles. The van der Waals surface area contributed by atoms with Gasteiger partial charge in [0, 0.05) is 12.6 Å². The van der Waals surface area contributed by atoms with Gasteiger partial charge >= 0.3 is 17.6 Å². The zero-order valence-corrected chi connectivity index (χ0v) is 14.6. The molecule has 0 spiro atoms. The SMILES string of the molecule is CCN(CC)CCCOc1ccc(C)cc1[N+](=O)[O-].O=C(O)C(=O)O. The zero-order valence-electron chi connectivity index (χ0n) is 14.6. The normalized spacial score (nSPS) is 9.92. The van der Waals surface area contributed by atoms with Crippen molar-refractivity contribution in [1.82, 2.24) is 4.90 Å². The molecule has 0 atom stereocenters. The molecule has 0 bridgehead atoms. The van der Waals surface area contributed by atoms with Crippen molar-refractivity contribution in [3.63, 3.8) is 0 Å². The molecule has 25 heavy (non-hydrogen) atoms. The maximum Gasteiger partial charge on any atom is 0.414 e. The Bertz CT molecular complexity index is 574. The summed E-state index contributed by atoms with van der Waals surface area (Å²) in [5.41, 5.74) is 0.907. The van der Waals surface area contributed by atoms with E-state index in [1.807, 2.05) is 13.0 Å². The fraction of sp³-hybridized carbons (Fsp3) is 0.500.